The number of rotatable bonds is 3. The fourth-order valence-corrected chi connectivity index (χ4v) is 8.76. The van der Waals surface area contributed by atoms with Gasteiger partial charge >= 0.3 is 5.97 Å². The number of esters is 1. The maximum absolute atomic E-state index is 17.4. The van der Waals surface area contributed by atoms with Crippen LogP contribution in [0, 0.1) is 35.5 Å². The largest absolute Gasteiger partial charge is 0.444 e. The molecule has 4 aliphatic carbocycles. The number of aliphatic hydroxyl groups is 1. The van der Waals surface area contributed by atoms with Crippen LogP contribution in [0.4, 0.5) is 8.78 Å². The summed E-state index contributed by atoms with van der Waals surface area (Å²) in [5, 5.41) is 15.0. The minimum atomic E-state index is -2.29. The smallest absolute Gasteiger partial charge is 0.357 e. The first-order valence-corrected chi connectivity index (χ1v) is 13.0. The Hall–Kier alpha value is -2.33. The van der Waals surface area contributed by atoms with E-state index in [2.05, 4.69) is 17.7 Å². The summed E-state index contributed by atoms with van der Waals surface area (Å²) in [4.78, 5) is 38.7. The van der Waals surface area contributed by atoms with Gasteiger partial charge in [0.25, 0.3) is 0 Å². The Kier molecular flexibility index (Phi) is 5.74. The van der Waals surface area contributed by atoms with Gasteiger partial charge in [-0.25, -0.2) is 13.6 Å². The number of carbonyl (C=O) groups is 3. The van der Waals surface area contributed by atoms with E-state index in [1.807, 2.05) is 0 Å². The van der Waals surface area contributed by atoms with Gasteiger partial charge in [-0.05, 0) is 62.8 Å². The van der Waals surface area contributed by atoms with Crippen molar-refractivity contribution < 1.29 is 33.0 Å². The lowest BCUT2D eigenvalue weighted by Crippen LogP contribution is -2.70. The van der Waals surface area contributed by atoms with Crippen molar-refractivity contribution in [3.63, 3.8) is 0 Å². The zero-order valence-electron chi connectivity index (χ0n) is 21.5. The highest BCUT2D eigenvalue weighted by atomic mass is 32.1. The highest BCUT2D eigenvalue weighted by Gasteiger charge is 2.78. The standard InChI is InChI=1S/C27H32F2N2O5S/c1-13-8-16-17-11-19(28)18-10-15(32)6-7-24(18,3)26(17,29)21(33)12-25(16,4)27(13,23(35)37)36-22(34)20-9-14(2)30-31(20)5/h6-7,9-10,13,16-17,19,21,33H,8,11-12H2,1-5H3,(H,35,37)/t13-,16+,17+,19+,21+,24+,25+,26+,27+/m1/s1. The van der Waals surface area contributed by atoms with E-state index in [0.29, 0.717) is 5.69 Å². The molecule has 200 valence electrons. The Morgan fingerprint density at radius 2 is 1.95 bits per heavy atom. The molecule has 3 fully saturated rings. The molecule has 3 saturated carbocycles. The van der Waals surface area contributed by atoms with Gasteiger partial charge in [0, 0.05) is 29.7 Å². The van der Waals surface area contributed by atoms with E-state index in [4.69, 9.17) is 4.74 Å². The Morgan fingerprint density at radius 1 is 1.27 bits per heavy atom. The second kappa shape index (κ2) is 8.09. The molecule has 1 N–H and O–H groups in total. The Labute approximate surface area is 219 Å². The molecule has 9 atom stereocenters. The van der Waals surface area contributed by atoms with Crippen molar-refractivity contribution in [3.05, 3.63) is 41.3 Å². The summed E-state index contributed by atoms with van der Waals surface area (Å²) in [6.07, 6.45) is 0.321. The van der Waals surface area contributed by atoms with Crippen LogP contribution in [-0.4, -0.2) is 55.3 Å². The van der Waals surface area contributed by atoms with Crippen molar-refractivity contribution in [2.24, 2.45) is 35.6 Å². The van der Waals surface area contributed by atoms with Crippen molar-refractivity contribution >= 4 is 29.5 Å². The second-order valence-electron chi connectivity index (χ2n) is 11.7. The molecule has 0 amide bonds. The van der Waals surface area contributed by atoms with E-state index >= 15 is 8.78 Å². The minimum Gasteiger partial charge on any atom is -0.444 e. The molecular formula is C27H32F2N2O5S. The monoisotopic (exact) mass is 534 g/mol. The number of nitrogens with zero attached hydrogens (tertiary/aromatic N) is 2. The molecule has 0 spiro atoms. The number of ketones is 1. The van der Waals surface area contributed by atoms with Gasteiger partial charge in [-0.2, -0.15) is 5.10 Å². The average molecular weight is 535 g/mol. The number of fused-ring (bicyclic) bond motifs is 5. The summed E-state index contributed by atoms with van der Waals surface area (Å²) in [7, 11) is 1.58. The quantitative estimate of drug-likeness (QED) is 0.454. The van der Waals surface area contributed by atoms with Crippen LogP contribution in [-0.2, 0) is 21.4 Å². The predicted octanol–water partition coefficient (Wildman–Crippen LogP) is 3.65. The molecule has 1 heterocycles. The molecule has 4 aliphatic rings. The molecule has 10 heteroatoms. The van der Waals surface area contributed by atoms with Crippen molar-refractivity contribution in [1.29, 1.82) is 0 Å². The zero-order valence-corrected chi connectivity index (χ0v) is 22.4. The topological polar surface area (TPSA) is 98.5 Å². The van der Waals surface area contributed by atoms with E-state index in [1.165, 1.54) is 23.8 Å². The first kappa shape index (κ1) is 26.3. The molecule has 0 aliphatic heterocycles. The van der Waals surface area contributed by atoms with Gasteiger partial charge in [-0.1, -0.05) is 19.9 Å². The van der Waals surface area contributed by atoms with Crippen LogP contribution in [0.15, 0.2) is 29.9 Å². The molecule has 0 unspecified atom stereocenters. The summed E-state index contributed by atoms with van der Waals surface area (Å²) in [5.41, 5.74) is -6.07. The second-order valence-corrected chi connectivity index (χ2v) is 12.1. The summed E-state index contributed by atoms with van der Waals surface area (Å²) in [6, 6.07) is 1.54. The lowest BCUT2D eigenvalue weighted by atomic mass is 9.44. The molecule has 5 rings (SSSR count). The zero-order chi connectivity index (χ0) is 27.3. The van der Waals surface area contributed by atoms with Gasteiger partial charge in [0.2, 0.25) is 5.12 Å². The van der Waals surface area contributed by atoms with E-state index in [-0.39, 0.29) is 30.5 Å². The maximum atomic E-state index is 17.4. The first-order chi connectivity index (χ1) is 17.1. The van der Waals surface area contributed by atoms with Crippen molar-refractivity contribution in [2.45, 2.75) is 70.5 Å². The van der Waals surface area contributed by atoms with Crippen LogP contribution in [0.1, 0.15) is 56.2 Å². The van der Waals surface area contributed by atoms with Gasteiger partial charge in [0.1, 0.15) is 11.9 Å². The number of thiol groups is 1. The molecule has 1 aromatic heterocycles. The number of allylic oxidation sites excluding steroid dienone is 4. The van der Waals surface area contributed by atoms with Gasteiger partial charge < -0.3 is 9.84 Å². The third-order valence-electron chi connectivity index (χ3n) is 9.95. The third-order valence-corrected chi connectivity index (χ3v) is 10.3. The molecular weight excluding hydrogens is 502 g/mol. The number of aliphatic hydroxyl groups excluding tert-OH is 1. The number of carbonyl (C=O) groups excluding carboxylic acids is 3. The molecule has 7 nitrogen and oxygen atoms in total. The Balaban J connectivity index is 1.62. The predicted molar refractivity (Wildman–Crippen MR) is 133 cm³/mol. The summed E-state index contributed by atoms with van der Waals surface area (Å²) in [6.45, 7) is 6.69. The number of hydrogen-bond donors (Lipinski definition) is 2. The number of hydrogen-bond acceptors (Lipinski definition) is 6. The van der Waals surface area contributed by atoms with E-state index in [1.54, 1.807) is 33.9 Å². The SMILES string of the molecule is Cc1cc(C(=O)O[C@]2(C(=O)S)[C@H](C)C[C@H]3[C@@H]4C[C@H](F)C5=CC(=O)C=C[C@]5(C)[C@@]4(F)[C@@H](O)C[C@@]32C)n(C)n1. The number of aryl methyl sites for hydroxylation is 2. The molecule has 0 saturated heterocycles. The van der Waals surface area contributed by atoms with E-state index < -0.39 is 69.0 Å². The van der Waals surface area contributed by atoms with Crippen molar-refractivity contribution in [2.75, 3.05) is 0 Å². The van der Waals surface area contributed by atoms with Crippen LogP contribution in [0.2, 0.25) is 0 Å². The highest BCUT2D eigenvalue weighted by molar-refractivity contribution is 7.96. The lowest BCUT2D eigenvalue weighted by molar-refractivity contribution is -0.221. The Bertz CT molecular complexity index is 1280. The van der Waals surface area contributed by atoms with Gasteiger partial charge in [-0.15, -0.1) is 12.6 Å². The third kappa shape index (κ3) is 3.14. The van der Waals surface area contributed by atoms with Gasteiger partial charge in [-0.3, -0.25) is 14.3 Å². The number of alkyl halides is 2. The number of ether oxygens (including phenoxy) is 1. The maximum Gasteiger partial charge on any atom is 0.357 e. The molecule has 0 aromatic carbocycles. The fraction of sp³-hybridized carbons (Fsp3) is 0.630. The van der Waals surface area contributed by atoms with Gasteiger partial charge in [0.05, 0.1) is 11.8 Å². The van der Waals surface area contributed by atoms with Crippen LogP contribution < -0.4 is 0 Å². The fourth-order valence-electron chi connectivity index (χ4n) is 8.24. The first-order valence-electron chi connectivity index (χ1n) is 12.6. The van der Waals surface area contributed by atoms with Crippen LogP contribution in [0.25, 0.3) is 0 Å². The molecule has 0 radical (unpaired) electrons. The lowest BCUT2D eigenvalue weighted by Gasteiger charge is -2.63. The summed E-state index contributed by atoms with van der Waals surface area (Å²) < 4.78 is 40.4. The summed E-state index contributed by atoms with van der Waals surface area (Å²) >= 11 is 4.17. The van der Waals surface area contributed by atoms with Gasteiger partial charge in [0.15, 0.2) is 17.1 Å². The van der Waals surface area contributed by atoms with Crippen LogP contribution in [0.5, 0.6) is 0 Å². The van der Waals surface area contributed by atoms with E-state index in [9.17, 15) is 19.5 Å². The average Bonchev–Trinajstić information content (AvgIpc) is 3.25. The van der Waals surface area contributed by atoms with E-state index in [0.717, 1.165) is 6.08 Å². The van der Waals surface area contributed by atoms with Crippen molar-refractivity contribution in [3.8, 4) is 0 Å². The molecule has 37 heavy (non-hydrogen) atoms. The summed E-state index contributed by atoms with van der Waals surface area (Å²) in [5.74, 6) is -3.37. The Morgan fingerprint density at radius 3 is 2.54 bits per heavy atom. The normalized spacial score (nSPS) is 44.5. The van der Waals surface area contributed by atoms with Crippen molar-refractivity contribution in [1.82, 2.24) is 9.78 Å². The molecule has 1 aromatic rings. The van der Waals surface area contributed by atoms with Crippen LogP contribution in [0.3, 0.4) is 0 Å². The minimum absolute atomic E-state index is 0.0296. The number of aromatic nitrogens is 2. The van der Waals surface area contributed by atoms with Crippen LogP contribution >= 0.6 is 12.6 Å². The molecule has 0 bridgehead atoms. The highest BCUT2D eigenvalue weighted by Crippen LogP contribution is 2.71. The number of halogens is 2.